The van der Waals surface area contributed by atoms with E-state index >= 15 is 0 Å². The highest BCUT2D eigenvalue weighted by molar-refractivity contribution is 5.66. The molecule has 5 heteroatoms. The molecule has 1 nitrogen and oxygen atoms in total. The zero-order valence-electron chi connectivity index (χ0n) is 16.0. The smallest absolute Gasteiger partial charge is 0.175 e. The summed E-state index contributed by atoms with van der Waals surface area (Å²) in [6, 6.07) is 12.3. The molecule has 0 saturated carbocycles. The van der Waals surface area contributed by atoms with Crippen LogP contribution in [0.15, 0.2) is 54.6 Å². The highest BCUT2D eigenvalue weighted by Gasteiger charge is 2.30. The summed E-state index contributed by atoms with van der Waals surface area (Å²) in [6.45, 7) is 2.11. The van der Waals surface area contributed by atoms with Crippen molar-refractivity contribution in [2.45, 2.75) is 13.0 Å². The topological polar surface area (TPSA) is 12.5 Å². The molecule has 0 aromatic heterocycles. The second kappa shape index (κ2) is 8.17. The normalized spacial score (nSPS) is 15.2. The highest BCUT2D eigenvalue weighted by Crippen LogP contribution is 2.35. The molecular formula is C25H16F4O. The summed E-state index contributed by atoms with van der Waals surface area (Å²) in [5.74, 6) is 1.57. The van der Waals surface area contributed by atoms with E-state index in [2.05, 4.69) is 11.8 Å². The molecule has 3 aromatic carbocycles. The lowest BCUT2D eigenvalue weighted by Crippen LogP contribution is -1.96. The Kier molecular flexibility index (Phi) is 5.43. The Morgan fingerprint density at radius 1 is 0.833 bits per heavy atom. The Hall–Kier alpha value is -3.36. The van der Waals surface area contributed by atoms with E-state index in [1.54, 1.807) is 37.3 Å². The van der Waals surface area contributed by atoms with E-state index in [0.29, 0.717) is 17.7 Å². The van der Waals surface area contributed by atoms with E-state index in [9.17, 15) is 17.6 Å². The SMILES string of the molecule is C/C=C/c1ccc(C#Cc2ccc(-c3ccc(C4CO4)c(F)c3F)cc2)c(F)c1F. The van der Waals surface area contributed by atoms with Crippen molar-refractivity contribution < 1.29 is 22.3 Å². The largest absolute Gasteiger partial charge is 0.368 e. The van der Waals surface area contributed by atoms with Crippen LogP contribution in [-0.4, -0.2) is 6.61 Å². The fourth-order valence-electron chi connectivity index (χ4n) is 3.11. The monoisotopic (exact) mass is 408 g/mol. The van der Waals surface area contributed by atoms with Crippen molar-refractivity contribution in [3.63, 3.8) is 0 Å². The number of benzene rings is 3. The molecule has 1 heterocycles. The maximum absolute atomic E-state index is 14.4. The maximum atomic E-state index is 14.4. The third kappa shape index (κ3) is 3.87. The first kappa shape index (κ1) is 19.9. The van der Waals surface area contributed by atoms with Crippen molar-refractivity contribution in [2.75, 3.05) is 6.61 Å². The van der Waals surface area contributed by atoms with E-state index in [1.807, 2.05) is 0 Å². The predicted molar refractivity (Wildman–Crippen MR) is 108 cm³/mol. The van der Waals surface area contributed by atoms with E-state index in [4.69, 9.17) is 4.74 Å². The number of epoxide rings is 1. The lowest BCUT2D eigenvalue weighted by atomic mass is 10.00. The third-order valence-electron chi connectivity index (χ3n) is 4.79. The van der Waals surface area contributed by atoms with Crippen LogP contribution in [0.1, 0.15) is 35.3 Å². The fourth-order valence-corrected chi connectivity index (χ4v) is 3.11. The van der Waals surface area contributed by atoms with E-state index < -0.39 is 23.3 Å². The van der Waals surface area contributed by atoms with E-state index in [-0.39, 0.29) is 28.4 Å². The molecule has 0 bridgehead atoms. The van der Waals surface area contributed by atoms with Gasteiger partial charge in [0.2, 0.25) is 0 Å². The lowest BCUT2D eigenvalue weighted by molar-refractivity contribution is 0.401. The lowest BCUT2D eigenvalue weighted by Gasteiger charge is -2.07. The average Bonchev–Trinajstić information content (AvgIpc) is 3.59. The van der Waals surface area contributed by atoms with Crippen molar-refractivity contribution in [2.24, 2.45) is 0 Å². The molecule has 4 rings (SSSR count). The molecule has 0 amide bonds. The molecule has 1 fully saturated rings. The van der Waals surface area contributed by atoms with Crippen molar-refractivity contribution in [3.05, 3.63) is 100 Å². The summed E-state index contributed by atoms with van der Waals surface area (Å²) in [5.41, 5.74) is 1.44. The molecule has 150 valence electrons. The minimum Gasteiger partial charge on any atom is -0.368 e. The quantitative estimate of drug-likeness (QED) is 0.277. The first-order chi connectivity index (χ1) is 14.5. The standard InChI is InChI=1S/C25H16F4O/c1-2-3-17-10-11-18(23(27)22(17)26)9-6-15-4-7-16(8-5-15)19-12-13-20(21-14-30-21)25(29)24(19)28/h2-5,7-8,10-13,21H,14H2,1H3/b3-2+. The minimum absolute atomic E-state index is 0.0594. The van der Waals surface area contributed by atoms with Gasteiger partial charge < -0.3 is 4.74 Å². The van der Waals surface area contributed by atoms with Gasteiger partial charge in [0.1, 0.15) is 6.10 Å². The molecule has 3 aromatic rings. The molecular weight excluding hydrogens is 392 g/mol. The van der Waals surface area contributed by atoms with Gasteiger partial charge in [-0.25, -0.2) is 17.6 Å². The van der Waals surface area contributed by atoms with Crippen molar-refractivity contribution in [1.29, 1.82) is 0 Å². The van der Waals surface area contributed by atoms with E-state index in [1.165, 1.54) is 30.3 Å². The Bertz CT molecular complexity index is 1200. The van der Waals surface area contributed by atoms with Crippen LogP contribution in [0.3, 0.4) is 0 Å². The van der Waals surface area contributed by atoms with Crippen LogP contribution in [0, 0.1) is 35.1 Å². The van der Waals surface area contributed by atoms with E-state index in [0.717, 1.165) is 0 Å². The number of halogens is 4. The van der Waals surface area contributed by atoms with Gasteiger partial charge in [0.25, 0.3) is 0 Å². The van der Waals surface area contributed by atoms with Crippen LogP contribution in [0.25, 0.3) is 17.2 Å². The Morgan fingerprint density at radius 3 is 2.23 bits per heavy atom. The Morgan fingerprint density at radius 2 is 1.57 bits per heavy atom. The van der Waals surface area contributed by atoms with Crippen LogP contribution < -0.4 is 0 Å². The van der Waals surface area contributed by atoms with Gasteiger partial charge in [-0.2, -0.15) is 0 Å². The highest BCUT2D eigenvalue weighted by atomic mass is 19.2. The minimum atomic E-state index is -1.01. The zero-order valence-corrected chi connectivity index (χ0v) is 16.0. The molecule has 1 aliphatic rings. The second-order valence-electron chi connectivity index (χ2n) is 6.81. The maximum Gasteiger partial charge on any atom is 0.175 e. The summed E-state index contributed by atoms with van der Waals surface area (Å²) in [5, 5.41) is 0. The number of allylic oxidation sites excluding steroid dienone is 1. The van der Waals surface area contributed by atoms with Gasteiger partial charge in [-0.3, -0.25) is 0 Å². The number of hydrogen-bond acceptors (Lipinski definition) is 1. The first-order valence-corrected chi connectivity index (χ1v) is 9.32. The Labute approximate surface area is 171 Å². The number of hydrogen-bond donors (Lipinski definition) is 0. The van der Waals surface area contributed by atoms with Gasteiger partial charge >= 0.3 is 0 Å². The Balaban J connectivity index is 1.59. The second-order valence-corrected chi connectivity index (χ2v) is 6.81. The first-order valence-electron chi connectivity index (χ1n) is 9.32. The summed E-state index contributed by atoms with van der Waals surface area (Å²) >= 11 is 0. The molecule has 0 spiro atoms. The van der Waals surface area contributed by atoms with Crippen molar-refractivity contribution in [1.82, 2.24) is 0 Å². The summed E-state index contributed by atoms with van der Waals surface area (Å²) in [7, 11) is 0. The molecule has 1 saturated heterocycles. The molecule has 0 N–H and O–H groups in total. The van der Waals surface area contributed by atoms with Gasteiger partial charge in [-0.1, -0.05) is 54.3 Å². The van der Waals surface area contributed by atoms with Gasteiger partial charge in [-0.15, -0.1) is 0 Å². The van der Waals surface area contributed by atoms with Gasteiger partial charge in [0, 0.05) is 22.3 Å². The number of ether oxygens (including phenoxy) is 1. The van der Waals surface area contributed by atoms with Gasteiger partial charge in [0.15, 0.2) is 23.3 Å². The van der Waals surface area contributed by atoms with Crippen LogP contribution in [0.4, 0.5) is 17.6 Å². The molecule has 1 unspecified atom stereocenters. The molecule has 1 aliphatic heterocycles. The predicted octanol–water partition coefficient (Wildman–Crippen LogP) is 6.41. The van der Waals surface area contributed by atoms with Crippen LogP contribution in [0.5, 0.6) is 0 Å². The molecule has 30 heavy (non-hydrogen) atoms. The van der Waals surface area contributed by atoms with Crippen molar-refractivity contribution >= 4 is 6.08 Å². The van der Waals surface area contributed by atoms with Crippen molar-refractivity contribution in [3.8, 4) is 23.0 Å². The van der Waals surface area contributed by atoms with Crippen LogP contribution in [-0.2, 0) is 4.74 Å². The average molecular weight is 408 g/mol. The zero-order chi connectivity index (χ0) is 21.3. The molecule has 0 radical (unpaired) electrons. The molecule has 0 aliphatic carbocycles. The third-order valence-corrected chi connectivity index (χ3v) is 4.79. The fraction of sp³-hybridized carbons (Fsp3) is 0.120. The van der Waals surface area contributed by atoms with Gasteiger partial charge in [-0.05, 0) is 30.7 Å². The summed E-state index contributed by atoms with van der Waals surface area (Å²) in [4.78, 5) is 0. The van der Waals surface area contributed by atoms with Crippen LogP contribution >= 0.6 is 0 Å². The number of rotatable bonds is 3. The molecule has 1 atom stereocenters. The summed E-state index contributed by atoms with van der Waals surface area (Å²) in [6.07, 6.45) is 2.72. The summed E-state index contributed by atoms with van der Waals surface area (Å²) < 4.78 is 61.8. The van der Waals surface area contributed by atoms with Crippen LogP contribution in [0.2, 0.25) is 0 Å². The van der Waals surface area contributed by atoms with Gasteiger partial charge in [0.05, 0.1) is 12.2 Å².